The third-order valence-electron chi connectivity index (χ3n) is 4.83. The summed E-state index contributed by atoms with van der Waals surface area (Å²) in [5.41, 5.74) is 2.68. The van der Waals surface area contributed by atoms with Gasteiger partial charge < -0.3 is 15.3 Å². The fourth-order valence-electron chi connectivity index (χ4n) is 3.31. The molecule has 32 heavy (non-hydrogen) atoms. The highest BCUT2D eigenvalue weighted by atomic mass is 16.6. The van der Waals surface area contributed by atoms with Crippen LogP contribution in [0.1, 0.15) is 22.5 Å². The quantitative estimate of drug-likeness (QED) is 0.244. The van der Waals surface area contributed by atoms with E-state index in [1.807, 2.05) is 61.5 Å². The van der Waals surface area contributed by atoms with Crippen molar-refractivity contribution in [1.29, 1.82) is 0 Å². The Morgan fingerprint density at radius 3 is 2.59 bits per heavy atom. The number of nitrogens with zero attached hydrogens (tertiary/aromatic N) is 2. The molecule has 4 aromatic rings. The average Bonchev–Trinajstić information content (AvgIpc) is 2.77. The molecule has 160 valence electrons. The number of hydrogen-bond acceptors (Lipinski definition) is 6. The lowest BCUT2D eigenvalue weighted by molar-refractivity contribution is -0.384. The standard InChI is InChI=1S/C23H19N5O4/c1-14-4-2-6-17(25-14)9-8-15-5-3-7-18(10-15)24-13-16-11-19(28(31)32)12-20-21(16)27-23(30)22(29)26-20/h2-12,24H,13H2,1H3,(H,26,29)(H,27,30)/b9-8+. The molecular weight excluding hydrogens is 410 g/mol. The van der Waals surface area contributed by atoms with Crippen molar-refractivity contribution in [3.05, 3.63) is 108 Å². The lowest BCUT2D eigenvalue weighted by Gasteiger charge is -2.10. The van der Waals surface area contributed by atoms with Gasteiger partial charge in [0.15, 0.2) is 0 Å². The Labute approximate surface area is 181 Å². The second kappa shape index (κ2) is 8.68. The number of aryl methyl sites for hydroxylation is 1. The highest BCUT2D eigenvalue weighted by Crippen LogP contribution is 2.23. The van der Waals surface area contributed by atoms with Crippen molar-refractivity contribution in [2.24, 2.45) is 0 Å². The van der Waals surface area contributed by atoms with Crippen molar-refractivity contribution in [3.8, 4) is 0 Å². The van der Waals surface area contributed by atoms with Crippen molar-refractivity contribution in [3.63, 3.8) is 0 Å². The lowest BCUT2D eigenvalue weighted by Crippen LogP contribution is -2.29. The molecule has 0 atom stereocenters. The largest absolute Gasteiger partial charge is 0.381 e. The molecule has 9 heteroatoms. The van der Waals surface area contributed by atoms with E-state index in [9.17, 15) is 19.7 Å². The number of rotatable bonds is 6. The van der Waals surface area contributed by atoms with Gasteiger partial charge in [0, 0.05) is 35.6 Å². The van der Waals surface area contributed by atoms with Gasteiger partial charge >= 0.3 is 11.1 Å². The Morgan fingerprint density at radius 1 is 1.03 bits per heavy atom. The average molecular weight is 429 g/mol. The van der Waals surface area contributed by atoms with Crippen LogP contribution in [-0.4, -0.2) is 19.9 Å². The molecule has 0 unspecified atom stereocenters. The van der Waals surface area contributed by atoms with Crippen molar-refractivity contribution >= 4 is 34.6 Å². The maximum absolute atomic E-state index is 11.8. The summed E-state index contributed by atoms with van der Waals surface area (Å²) in [6, 6.07) is 16.0. The van der Waals surface area contributed by atoms with Gasteiger partial charge in [-0.05, 0) is 42.8 Å². The van der Waals surface area contributed by atoms with Crippen LogP contribution in [0.25, 0.3) is 23.2 Å². The Kier molecular flexibility index (Phi) is 5.63. The predicted molar refractivity (Wildman–Crippen MR) is 124 cm³/mol. The minimum absolute atomic E-state index is 0.181. The summed E-state index contributed by atoms with van der Waals surface area (Å²) in [4.78, 5) is 43.5. The van der Waals surface area contributed by atoms with E-state index in [1.54, 1.807) is 0 Å². The van der Waals surface area contributed by atoms with Crippen LogP contribution in [0.4, 0.5) is 11.4 Å². The number of pyridine rings is 1. The van der Waals surface area contributed by atoms with Gasteiger partial charge in [-0.25, -0.2) is 0 Å². The Bertz CT molecular complexity index is 1470. The number of H-pyrrole nitrogens is 2. The fourth-order valence-corrected chi connectivity index (χ4v) is 3.31. The third kappa shape index (κ3) is 4.62. The molecule has 4 rings (SSSR count). The number of benzene rings is 2. The topological polar surface area (TPSA) is 134 Å². The molecule has 2 aromatic carbocycles. The van der Waals surface area contributed by atoms with Crippen molar-refractivity contribution in [2.45, 2.75) is 13.5 Å². The van der Waals surface area contributed by atoms with Gasteiger partial charge in [0.1, 0.15) is 0 Å². The zero-order valence-electron chi connectivity index (χ0n) is 17.1. The molecule has 9 nitrogen and oxygen atoms in total. The van der Waals surface area contributed by atoms with Crippen LogP contribution in [0.15, 0.2) is 64.2 Å². The van der Waals surface area contributed by atoms with Crippen LogP contribution in [0.2, 0.25) is 0 Å². The first kappa shape index (κ1) is 20.7. The smallest absolute Gasteiger partial charge is 0.314 e. The molecule has 0 fully saturated rings. The monoisotopic (exact) mass is 429 g/mol. The van der Waals surface area contributed by atoms with E-state index in [2.05, 4.69) is 20.3 Å². The minimum Gasteiger partial charge on any atom is -0.381 e. The summed E-state index contributed by atoms with van der Waals surface area (Å²) >= 11 is 0. The molecule has 0 radical (unpaired) electrons. The molecule has 0 saturated carbocycles. The van der Waals surface area contributed by atoms with Crippen molar-refractivity contribution < 1.29 is 4.92 Å². The highest BCUT2D eigenvalue weighted by Gasteiger charge is 2.14. The number of non-ortho nitro benzene ring substituents is 1. The van der Waals surface area contributed by atoms with E-state index in [0.717, 1.165) is 22.6 Å². The van der Waals surface area contributed by atoms with Crippen LogP contribution in [0.5, 0.6) is 0 Å². The molecule has 0 aliphatic carbocycles. The van der Waals surface area contributed by atoms with Crippen LogP contribution >= 0.6 is 0 Å². The number of nitro groups is 1. The van der Waals surface area contributed by atoms with E-state index in [-0.39, 0.29) is 17.7 Å². The lowest BCUT2D eigenvalue weighted by atomic mass is 10.1. The molecule has 0 amide bonds. The SMILES string of the molecule is Cc1cccc(/C=C/c2cccc(NCc3cc([N+](=O)[O-])cc4[nH]c(=O)c(=O)[nH]c34)c2)n1. The number of aromatic amines is 2. The van der Waals surface area contributed by atoms with Gasteiger partial charge in [-0.1, -0.05) is 24.3 Å². The van der Waals surface area contributed by atoms with Crippen LogP contribution in [-0.2, 0) is 6.54 Å². The fraction of sp³-hybridized carbons (Fsp3) is 0.0870. The molecule has 0 aliphatic rings. The van der Waals surface area contributed by atoms with Gasteiger partial charge in [0.25, 0.3) is 5.69 Å². The van der Waals surface area contributed by atoms with Gasteiger partial charge in [0.05, 0.1) is 21.7 Å². The maximum Gasteiger partial charge on any atom is 0.314 e. The van der Waals surface area contributed by atoms with E-state index in [4.69, 9.17) is 0 Å². The number of hydrogen-bond donors (Lipinski definition) is 3. The zero-order valence-corrected chi connectivity index (χ0v) is 17.1. The Balaban J connectivity index is 1.60. The maximum atomic E-state index is 11.8. The first-order valence-corrected chi connectivity index (χ1v) is 9.78. The van der Waals surface area contributed by atoms with Gasteiger partial charge in [0.2, 0.25) is 0 Å². The van der Waals surface area contributed by atoms with Crippen molar-refractivity contribution in [1.82, 2.24) is 15.0 Å². The normalized spacial score (nSPS) is 11.2. The highest BCUT2D eigenvalue weighted by molar-refractivity contribution is 5.81. The number of nitro benzene ring substituents is 1. The summed E-state index contributed by atoms with van der Waals surface area (Å²) in [5, 5.41) is 14.5. The van der Waals surface area contributed by atoms with Gasteiger partial charge in [-0.15, -0.1) is 0 Å². The van der Waals surface area contributed by atoms with E-state index in [0.29, 0.717) is 11.1 Å². The molecule has 0 saturated heterocycles. The second-order valence-corrected chi connectivity index (χ2v) is 7.21. The first-order valence-electron chi connectivity index (χ1n) is 9.78. The van der Waals surface area contributed by atoms with Crippen LogP contribution < -0.4 is 16.4 Å². The molecule has 2 aromatic heterocycles. The van der Waals surface area contributed by atoms with Crippen LogP contribution in [0.3, 0.4) is 0 Å². The van der Waals surface area contributed by atoms with E-state index < -0.39 is 16.0 Å². The second-order valence-electron chi connectivity index (χ2n) is 7.21. The third-order valence-corrected chi connectivity index (χ3v) is 4.83. The summed E-state index contributed by atoms with van der Waals surface area (Å²) in [5.74, 6) is 0. The number of anilines is 1. The summed E-state index contributed by atoms with van der Waals surface area (Å²) in [7, 11) is 0. The molecule has 0 bridgehead atoms. The molecule has 3 N–H and O–H groups in total. The summed E-state index contributed by atoms with van der Waals surface area (Å²) < 4.78 is 0. The number of fused-ring (bicyclic) bond motifs is 1. The number of nitrogens with one attached hydrogen (secondary N) is 3. The summed E-state index contributed by atoms with van der Waals surface area (Å²) in [6.07, 6.45) is 3.86. The molecule has 0 spiro atoms. The Hall–Kier alpha value is -4.53. The van der Waals surface area contributed by atoms with Crippen LogP contribution in [0, 0.1) is 17.0 Å². The van der Waals surface area contributed by atoms with E-state index >= 15 is 0 Å². The predicted octanol–water partition coefficient (Wildman–Crippen LogP) is 3.61. The molecular formula is C23H19N5O4. The van der Waals surface area contributed by atoms with E-state index in [1.165, 1.54) is 12.1 Å². The molecule has 2 heterocycles. The van der Waals surface area contributed by atoms with Crippen molar-refractivity contribution in [2.75, 3.05) is 5.32 Å². The Morgan fingerprint density at radius 2 is 1.81 bits per heavy atom. The number of aromatic nitrogens is 3. The minimum atomic E-state index is -0.862. The molecule has 0 aliphatic heterocycles. The van der Waals surface area contributed by atoms with Gasteiger partial charge in [-0.2, -0.15) is 0 Å². The summed E-state index contributed by atoms with van der Waals surface area (Å²) in [6.45, 7) is 2.13. The zero-order chi connectivity index (χ0) is 22.7. The first-order chi connectivity index (χ1) is 15.4. The van der Waals surface area contributed by atoms with Gasteiger partial charge in [-0.3, -0.25) is 24.7 Å².